The molecular formula is C11H14N4O. The molecule has 1 aromatic heterocycles. The monoisotopic (exact) mass is 218 g/mol. The van der Waals surface area contributed by atoms with Crippen molar-refractivity contribution in [1.29, 1.82) is 0 Å². The number of aromatic nitrogens is 2. The lowest BCUT2D eigenvalue weighted by Gasteiger charge is -2.00. The minimum Gasteiger partial charge on any atom is -0.348 e. The third-order valence-electron chi connectivity index (χ3n) is 2.86. The second-order valence-corrected chi connectivity index (χ2v) is 4.30. The molecule has 3 rings (SSSR count). The van der Waals surface area contributed by atoms with Gasteiger partial charge in [-0.15, -0.1) is 0 Å². The van der Waals surface area contributed by atoms with Crippen LogP contribution < -0.4 is 5.32 Å². The molecule has 16 heavy (non-hydrogen) atoms. The number of fused-ring (bicyclic) bond motifs is 1. The average molecular weight is 218 g/mol. The number of aliphatic imine (C=N–C) groups is 1. The van der Waals surface area contributed by atoms with E-state index in [0.717, 1.165) is 31.5 Å². The Morgan fingerprint density at radius 1 is 1.50 bits per heavy atom. The smallest absolute Gasteiger partial charge is 0.272 e. The van der Waals surface area contributed by atoms with Crippen LogP contribution in [0.5, 0.6) is 0 Å². The van der Waals surface area contributed by atoms with E-state index in [9.17, 15) is 4.79 Å². The third-order valence-corrected chi connectivity index (χ3v) is 2.86. The number of carbonyl (C=O) groups is 1. The largest absolute Gasteiger partial charge is 0.348 e. The van der Waals surface area contributed by atoms with Crippen molar-refractivity contribution in [2.45, 2.75) is 38.4 Å². The second kappa shape index (κ2) is 3.73. The normalized spacial score (nSPS) is 19.0. The Kier molecular flexibility index (Phi) is 2.23. The first-order valence-corrected chi connectivity index (χ1v) is 5.69. The zero-order valence-corrected chi connectivity index (χ0v) is 9.02. The molecule has 1 aromatic rings. The number of nitrogens with one attached hydrogen (secondary N) is 1. The van der Waals surface area contributed by atoms with Gasteiger partial charge in [-0.1, -0.05) is 0 Å². The molecule has 1 aliphatic heterocycles. The van der Waals surface area contributed by atoms with E-state index in [4.69, 9.17) is 0 Å². The van der Waals surface area contributed by atoms with Crippen molar-refractivity contribution in [3.05, 3.63) is 17.5 Å². The minimum atomic E-state index is -0.0490. The van der Waals surface area contributed by atoms with Crippen LogP contribution in [-0.4, -0.2) is 27.9 Å². The maximum Gasteiger partial charge on any atom is 0.272 e. The highest BCUT2D eigenvalue weighted by molar-refractivity contribution is 5.92. The molecule has 0 aromatic carbocycles. The first-order valence-electron chi connectivity index (χ1n) is 5.69. The van der Waals surface area contributed by atoms with Gasteiger partial charge in [-0.25, -0.2) is 0 Å². The minimum absolute atomic E-state index is 0.0490. The number of hydrogen-bond donors (Lipinski definition) is 1. The number of rotatable bonds is 2. The number of aryl methyl sites for hydroxylation is 1. The predicted octanol–water partition coefficient (Wildman–Crippen LogP) is 0.750. The summed E-state index contributed by atoms with van der Waals surface area (Å²) in [5.74, 6) is -0.0490. The molecule has 5 nitrogen and oxygen atoms in total. The van der Waals surface area contributed by atoms with Gasteiger partial charge in [0, 0.05) is 25.2 Å². The fraction of sp³-hybridized carbons (Fsp3) is 0.545. The Morgan fingerprint density at radius 3 is 3.19 bits per heavy atom. The van der Waals surface area contributed by atoms with Crippen molar-refractivity contribution in [3.63, 3.8) is 0 Å². The van der Waals surface area contributed by atoms with Gasteiger partial charge in [0.25, 0.3) is 5.91 Å². The summed E-state index contributed by atoms with van der Waals surface area (Å²) in [6.07, 6.45) is 5.00. The predicted molar refractivity (Wildman–Crippen MR) is 59.5 cm³/mol. The molecular weight excluding hydrogens is 204 g/mol. The van der Waals surface area contributed by atoms with Crippen LogP contribution in [0.4, 0.5) is 0 Å². The molecule has 0 bridgehead atoms. The molecule has 5 heteroatoms. The molecule has 0 radical (unpaired) electrons. The number of hydrogen-bond acceptors (Lipinski definition) is 3. The maximum absolute atomic E-state index is 11.8. The molecule has 0 spiro atoms. The van der Waals surface area contributed by atoms with Crippen molar-refractivity contribution in [1.82, 2.24) is 15.1 Å². The summed E-state index contributed by atoms with van der Waals surface area (Å²) >= 11 is 0. The van der Waals surface area contributed by atoms with Gasteiger partial charge >= 0.3 is 0 Å². The quantitative estimate of drug-likeness (QED) is 0.796. The molecule has 0 atom stereocenters. The van der Waals surface area contributed by atoms with Gasteiger partial charge in [0.2, 0.25) is 0 Å². The Morgan fingerprint density at radius 2 is 2.38 bits per heavy atom. The van der Waals surface area contributed by atoms with E-state index in [-0.39, 0.29) is 5.91 Å². The van der Waals surface area contributed by atoms with Crippen LogP contribution in [0.2, 0.25) is 0 Å². The number of carbonyl (C=O) groups excluding carboxylic acids is 1. The topological polar surface area (TPSA) is 59.3 Å². The molecule has 2 aliphatic rings. The highest BCUT2D eigenvalue weighted by atomic mass is 16.2. The van der Waals surface area contributed by atoms with Crippen LogP contribution in [0, 0.1) is 0 Å². The van der Waals surface area contributed by atoms with E-state index < -0.39 is 0 Å². The zero-order chi connectivity index (χ0) is 11.0. The molecule has 0 saturated heterocycles. The molecule has 84 valence electrons. The third kappa shape index (κ3) is 1.85. The van der Waals surface area contributed by atoms with Gasteiger partial charge < -0.3 is 5.32 Å². The van der Waals surface area contributed by atoms with Crippen molar-refractivity contribution in [2.75, 3.05) is 0 Å². The molecule has 1 fully saturated rings. The Bertz CT molecular complexity index is 445. The molecule has 1 N–H and O–H groups in total. The van der Waals surface area contributed by atoms with Crippen molar-refractivity contribution in [3.8, 4) is 0 Å². The van der Waals surface area contributed by atoms with E-state index >= 15 is 0 Å². The summed E-state index contributed by atoms with van der Waals surface area (Å²) in [4.78, 5) is 16.0. The van der Waals surface area contributed by atoms with Gasteiger partial charge in [-0.05, 0) is 18.9 Å². The van der Waals surface area contributed by atoms with Crippen molar-refractivity contribution < 1.29 is 4.79 Å². The van der Waals surface area contributed by atoms with Crippen molar-refractivity contribution >= 4 is 12.1 Å². The van der Waals surface area contributed by atoms with Gasteiger partial charge in [-0.2, -0.15) is 5.10 Å². The summed E-state index contributed by atoms with van der Waals surface area (Å²) in [6.45, 7) is 1.44. The molecule has 1 amide bonds. The maximum atomic E-state index is 11.8. The first kappa shape index (κ1) is 9.57. The molecule has 2 heterocycles. The Labute approximate surface area is 93.6 Å². The lowest BCUT2D eigenvalue weighted by molar-refractivity contribution is 0.0945. The van der Waals surface area contributed by atoms with Gasteiger partial charge in [0.05, 0.1) is 12.2 Å². The standard InChI is InChI=1S/C11H14N4O/c16-11(13-8-2-3-8)10-6-9-7-12-4-1-5-15(9)14-10/h4,6,8H,1-3,5,7H2,(H,13,16). The van der Waals surface area contributed by atoms with E-state index in [1.165, 1.54) is 0 Å². The summed E-state index contributed by atoms with van der Waals surface area (Å²) in [5.41, 5.74) is 1.55. The number of nitrogens with zero attached hydrogens (tertiary/aromatic N) is 3. The second-order valence-electron chi connectivity index (χ2n) is 4.30. The molecule has 1 aliphatic carbocycles. The fourth-order valence-electron chi connectivity index (χ4n) is 1.80. The summed E-state index contributed by atoms with van der Waals surface area (Å²) in [7, 11) is 0. The van der Waals surface area contributed by atoms with Crippen LogP contribution >= 0.6 is 0 Å². The van der Waals surface area contributed by atoms with Gasteiger partial charge in [0.15, 0.2) is 5.69 Å². The van der Waals surface area contributed by atoms with Crippen LogP contribution in [-0.2, 0) is 13.1 Å². The van der Waals surface area contributed by atoms with E-state index in [0.29, 0.717) is 18.3 Å². The van der Waals surface area contributed by atoms with Gasteiger partial charge in [0.1, 0.15) is 0 Å². The lowest BCUT2D eigenvalue weighted by Crippen LogP contribution is -2.25. The average Bonchev–Trinajstić information content (AvgIpc) is 3.03. The highest BCUT2D eigenvalue weighted by Crippen LogP contribution is 2.19. The lowest BCUT2D eigenvalue weighted by atomic mass is 10.3. The Hall–Kier alpha value is -1.65. The van der Waals surface area contributed by atoms with E-state index in [1.54, 1.807) is 0 Å². The van der Waals surface area contributed by atoms with Crippen molar-refractivity contribution in [2.24, 2.45) is 4.99 Å². The van der Waals surface area contributed by atoms with Crippen LogP contribution in [0.3, 0.4) is 0 Å². The van der Waals surface area contributed by atoms with E-state index in [1.807, 2.05) is 17.0 Å². The SMILES string of the molecule is O=C(NC1CC1)c1cc2n(n1)CCC=NC2. The summed E-state index contributed by atoms with van der Waals surface area (Å²) < 4.78 is 1.88. The van der Waals surface area contributed by atoms with Crippen LogP contribution in [0.15, 0.2) is 11.1 Å². The first-order chi connectivity index (χ1) is 7.83. The summed E-state index contributed by atoms with van der Waals surface area (Å²) in [5, 5.41) is 7.26. The molecule has 1 saturated carbocycles. The molecule has 0 unspecified atom stereocenters. The fourth-order valence-corrected chi connectivity index (χ4v) is 1.80. The zero-order valence-electron chi connectivity index (χ0n) is 9.02. The number of amides is 1. The Balaban J connectivity index is 1.79. The highest BCUT2D eigenvalue weighted by Gasteiger charge is 2.25. The summed E-state index contributed by atoms with van der Waals surface area (Å²) in [6, 6.07) is 2.23. The van der Waals surface area contributed by atoms with Crippen LogP contribution in [0.25, 0.3) is 0 Å². The van der Waals surface area contributed by atoms with Crippen LogP contribution in [0.1, 0.15) is 35.4 Å². The van der Waals surface area contributed by atoms with E-state index in [2.05, 4.69) is 15.4 Å². The van der Waals surface area contributed by atoms with Gasteiger partial charge in [-0.3, -0.25) is 14.5 Å².